The van der Waals surface area contributed by atoms with E-state index in [1.165, 1.54) is 5.01 Å². The summed E-state index contributed by atoms with van der Waals surface area (Å²) in [6.45, 7) is 2.04. The van der Waals surface area contributed by atoms with Crippen LogP contribution in [0.2, 0.25) is 0 Å². The fourth-order valence-electron chi connectivity index (χ4n) is 1.15. The number of hydrogen-bond acceptors (Lipinski definition) is 4. The molecule has 0 bridgehead atoms. The van der Waals surface area contributed by atoms with E-state index in [0.717, 1.165) is 17.9 Å². The maximum atomic E-state index is 4.45. The lowest BCUT2D eigenvalue weighted by Crippen LogP contribution is -2.29. The lowest BCUT2D eigenvalue weighted by molar-refractivity contribution is 0.615. The second kappa shape index (κ2) is 5.62. The molecule has 0 amide bonds. The minimum atomic E-state index is 0.556. The van der Waals surface area contributed by atoms with E-state index in [1.54, 1.807) is 11.3 Å². The number of aryl methyl sites for hydroxylation is 1. The maximum Gasteiger partial charge on any atom is 0.0943 e. The smallest absolute Gasteiger partial charge is 0.0943 e. The van der Waals surface area contributed by atoms with Gasteiger partial charge in [-0.25, -0.2) is 4.98 Å². The molecule has 0 aromatic carbocycles. The van der Waals surface area contributed by atoms with Crippen LogP contribution in [-0.2, 0) is 6.42 Å². The molecular weight excluding hydrogens is 200 g/mol. The molecule has 1 rings (SSSR count). The SMILES string of the molecule is CNC(CSC)Cc1nc(C)cs1. The van der Waals surface area contributed by atoms with E-state index in [4.69, 9.17) is 0 Å². The molecule has 1 aromatic rings. The molecule has 0 fully saturated rings. The molecule has 0 aliphatic heterocycles. The molecule has 0 saturated heterocycles. The van der Waals surface area contributed by atoms with E-state index in [1.807, 2.05) is 25.7 Å². The van der Waals surface area contributed by atoms with Crippen LogP contribution in [0.15, 0.2) is 5.38 Å². The van der Waals surface area contributed by atoms with Crippen LogP contribution in [0.3, 0.4) is 0 Å². The summed E-state index contributed by atoms with van der Waals surface area (Å²) in [6.07, 6.45) is 3.19. The molecule has 1 heterocycles. The van der Waals surface area contributed by atoms with Crippen molar-refractivity contribution in [3.63, 3.8) is 0 Å². The molecule has 1 aromatic heterocycles. The van der Waals surface area contributed by atoms with Crippen LogP contribution in [0.4, 0.5) is 0 Å². The summed E-state index contributed by atoms with van der Waals surface area (Å²) in [5.74, 6) is 1.15. The quantitative estimate of drug-likeness (QED) is 0.814. The highest BCUT2D eigenvalue weighted by Gasteiger charge is 2.08. The highest BCUT2D eigenvalue weighted by atomic mass is 32.2. The van der Waals surface area contributed by atoms with E-state index in [9.17, 15) is 0 Å². The van der Waals surface area contributed by atoms with Crippen molar-refractivity contribution < 1.29 is 0 Å². The van der Waals surface area contributed by atoms with E-state index in [2.05, 4.69) is 21.9 Å². The van der Waals surface area contributed by atoms with Gasteiger partial charge in [-0.1, -0.05) is 0 Å². The van der Waals surface area contributed by atoms with Gasteiger partial charge in [0.15, 0.2) is 0 Å². The Bertz CT molecular complexity index is 248. The van der Waals surface area contributed by atoms with Gasteiger partial charge >= 0.3 is 0 Å². The van der Waals surface area contributed by atoms with Crippen molar-refractivity contribution in [1.29, 1.82) is 0 Å². The first-order valence-corrected chi connectivity index (χ1v) is 6.60. The zero-order chi connectivity index (χ0) is 9.68. The molecule has 0 aliphatic carbocycles. The lowest BCUT2D eigenvalue weighted by Gasteiger charge is -2.12. The zero-order valence-electron chi connectivity index (χ0n) is 8.33. The summed E-state index contributed by atoms with van der Waals surface area (Å²) in [4.78, 5) is 4.45. The Kier molecular flexibility index (Phi) is 4.77. The van der Waals surface area contributed by atoms with E-state index in [0.29, 0.717) is 6.04 Å². The van der Waals surface area contributed by atoms with Crippen LogP contribution < -0.4 is 5.32 Å². The molecule has 1 unspecified atom stereocenters. The Morgan fingerprint density at radius 2 is 2.46 bits per heavy atom. The first kappa shape index (κ1) is 11.0. The summed E-state index contributed by atoms with van der Waals surface area (Å²) in [5, 5.41) is 6.66. The van der Waals surface area contributed by atoms with Crippen molar-refractivity contribution >= 4 is 23.1 Å². The van der Waals surface area contributed by atoms with Crippen LogP contribution in [0.25, 0.3) is 0 Å². The van der Waals surface area contributed by atoms with E-state index >= 15 is 0 Å². The normalized spacial score (nSPS) is 13.2. The third kappa shape index (κ3) is 3.67. The fraction of sp³-hybridized carbons (Fsp3) is 0.667. The van der Waals surface area contributed by atoms with Crippen LogP contribution in [0.1, 0.15) is 10.7 Å². The molecule has 0 aliphatic rings. The molecule has 74 valence electrons. The third-order valence-corrected chi connectivity index (χ3v) is 3.59. The number of thiazole rings is 1. The number of aromatic nitrogens is 1. The predicted molar refractivity (Wildman–Crippen MR) is 61.8 cm³/mol. The van der Waals surface area contributed by atoms with E-state index < -0.39 is 0 Å². The van der Waals surface area contributed by atoms with Gasteiger partial charge < -0.3 is 5.32 Å². The number of likely N-dealkylation sites (N-methyl/N-ethyl adjacent to an activating group) is 1. The zero-order valence-corrected chi connectivity index (χ0v) is 9.97. The molecule has 0 saturated carbocycles. The Balaban J connectivity index is 2.46. The second-order valence-electron chi connectivity index (χ2n) is 3.03. The number of rotatable bonds is 5. The number of nitrogens with zero attached hydrogens (tertiary/aromatic N) is 1. The summed E-state index contributed by atoms with van der Waals surface area (Å²) < 4.78 is 0. The Morgan fingerprint density at radius 3 is 2.92 bits per heavy atom. The molecule has 1 atom stereocenters. The molecule has 13 heavy (non-hydrogen) atoms. The van der Waals surface area contributed by atoms with Gasteiger partial charge in [0.05, 0.1) is 5.01 Å². The van der Waals surface area contributed by atoms with Gasteiger partial charge in [0.2, 0.25) is 0 Å². The standard InChI is InChI=1S/C9H16N2S2/c1-7-5-13-9(11-7)4-8(10-2)6-12-3/h5,8,10H,4,6H2,1-3H3. The minimum Gasteiger partial charge on any atom is -0.316 e. The maximum absolute atomic E-state index is 4.45. The van der Waals surface area contributed by atoms with Crippen molar-refractivity contribution in [2.45, 2.75) is 19.4 Å². The summed E-state index contributed by atoms with van der Waals surface area (Å²) in [5.41, 5.74) is 1.14. The highest BCUT2D eigenvalue weighted by Crippen LogP contribution is 2.12. The van der Waals surface area contributed by atoms with Crippen LogP contribution >= 0.6 is 23.1 Å². The molecular formula is C9H16N2S2. The largest absolute Gasteiger partial charge is 0.316 e. The summed E-state index contributed by atoms with van der Waals surface area (Å²) in [6, 6.07) is 0.556. The average molecular weight is 216 g/mol. The van der Waals surface area contributed by atoms with Crippen LogP contribution in [0, 0.1) is 6.92 Å². The average Bonchev–Trinajstić information content (AvgIpc) is 2.50. The monoisotopic (exact) mass is 216 g/mol. The van der Waals surface area contributed by atoms with Crippen molar-refractivity contribution in [1.82, 2.24) is 10.3 Å². The minimum absolute atomic E-state index is 0.556. The van der Waals surface area contributed by atoms with Crippen LogP contribution in [0.5, 0.6) is 0 Å². The van der Waals surface area contributed by atoms with Crippen molar-refractivity contribution in [3.05, 3.63) is 16.1 Å². The Labute approximate surface area is 88.2 Å². The van der Waals surface area contributed by atoms with Gasteiger partial charge in [0.25, 0.3) is 0 Å². The van der Waals surface area contributed by atoms with E-state index in [-0.39, 0.29) is 0 Å². The van der Waals surface area contributed by atoms with Gasteiger partial charge in [0, 0.05) is 29.3 Å². The first-order valence-electron chi connectivity index (χ1n) is 4.33. The lowest BCUT2D eigenvalue weighted by atomic mass is 10.2. The van der Waals surface area contributed by atoms with Gasteiger partial charge in [-0.2, -0.15) is 11.8 Å². The molecule has 1 N–H and O–H groups in total. The molecule has 0 radical (unpaired) electrons. The number of thioether (sulfide) groups is 1. The van der Waals surface area contributed by atoms with Gasteiger partial charge in [-0.15, -0.1) is 11.3 Å². The van der Waals surface area contributed by atoms with Crippen molar-refractivity contribution in [2.75, 3.05) is 19.1 Å². The fourth-order valence-corrected chi connectivity index (χ4v) is 2.69. The first-order chi connectivity index (χ1) is 6.26. The third-order valence-electron chi connectivity index (χ3n) is 1.86. The Morgan fingerprint density at radius 1 is 1.69 bits per heavy atom. The Hall–Kier alpha value is -0.0600. The number of nitrogens with one attached hydrogen (secondary N) is 1. The van der Waals surface area contributed by atoms with Crippen LogP contribution in [-0.4, -0.2) is 30.1 Å². The summed E-state index contributed by atoms with van der Waals surface area (Å²) >= 11 is 3.63. The predicted octanol–water partition coefficient (Wildman–Crippen LogP) is 1.95. The van der Waals surface area contributed by atoms with Crippen molar-refractivity contribution in [2.24, 2.45) is 0 Å². The number of hydrogen-bond donors (Lipinski definition) is 1. The van der Waals surface area contributed by atoms with Gasteiger partial charge in [0.1, 0.15) is 0 Å². The molecule has 4 heteroatoms. The molecule has 2 nitrogen and oxygen atoms in total. The van der Waals surface area contributed by atoms with Gasteiger partial charge in [-0.3, -0.25) is 0 Å². The highest BCUT2D eigenvalue weighted by molar-refractivity contribution is 7.98. The second-order valence-corrected chi connectivity index (χ2v) is 4.88. The molecule has 0 spiro atoms. The van der Waals surface area contributed by atoms with Gasteiger partial charge in [-0.05, 0) is 20.2 Å². The summed E-state index contributed by atoms with van der Waals surface area (Å²) in [7, 11) is 2.02. The topological polar surface area (TPSA) is 24.9 Å². The van der Waals surface area contributed by atoms with Crippen molar-refractivity contribution in [3.8, 4) is 0 Å².